The fourth-order valence-electron chi connectivity index (χ4n) is 2.65. The van der Waals surface area contributed by atoms with E-state index >= 15 is 0 Å². The Bertz CT molecular complexity index is 142. The molecule has 1 spiro atoms. The summed E-state index contributed by atoms with van der Waals surface area (Å²) in [6.45, 7) is 5.29. The molecule has 2 saturated heterocycles. The van der Waals surface area contributed by atoms with Gasteiger partial charge in [0.05, 0.1) is 0 Å². The zero-order valence-corrected chi connectivity index (χ0v) is 7.64. The van der Waals surface area contributed by atoms with E-state index in [0.717, 1.165) is 0 Å². The molecule has 62 valence electrons. The molecule has 0 aromatic heterocycles. The first kappa shape index (κ1) is 7.62. The lowest BCUT2D eigenvalue weighted by molar-refractivity contribution is 0.296. The highest BCUT2D eigenvalue weighted by Gasteiger charge is 2.40. The largest absolute Gasteiger partial charge is 0.348 e. The van der Waals surface area contributed by atoms with Gasteiger partial charge < -0.3 is 9.71 Å². The summed E-state index contributed by atoms with van der Waals surface area (Å²) in [4.78, 5) is 4.94. The SMILES string of the molecule is BN1CCC2(CCN(C)C2)C1. The normalized spacial score (nSPS) is 40.8. The van der Waals surface area contributed by atoms with Crippen LogP contribution < -0.4 is 0 Å². The second-order valence-electron chi connectivity index (χ2n) is 4.48. The van der Waals surface area contributed by atoms with Crippen LogP contribution in [0.4, 0.5) is 0 Å². The van der Waals surface area contributed by atoms with E-state index in [1.807, 2.05) is 0 Å². The zero-order chi connectivity index (χ0) is 7.90. The number of hydrogen-bond acceptors (Lipinski definition) is 2. The Hall–Kier alpha value is -0.0151. The Morgan fingerprint density at radius 1 is 1.18 bits per heavy atom. The van der Waals surface area contributed by atoms with E-state index in [2.05, 4.69) is 24.7 Å². The van der Waals surface area contributed by atoms with Crippen molar-refractivity contribution in [3.63, 3.8) is 0 Å². The smallest absolute Gasteiger partial charge is 0.185 e. The minimum Gasteiger partial charge on any atom is -0.348 e. The summed E-state index contributed by atoms with van der Waals surface area (Å²) in [5.41, 5.74) is 0.684. The van der Waals surface area contributed by atoms with Crippen molar-refractivity contribution < 1.29 is 0 Å². The van der Waals surface area contributed by atoms with Gasteiger partial charge in [0, 0.05) is 6.54 Å². The van der Waals surface area contributed by atoms with Crippen LogP contribution in [0.15, 0.2) is 0 Å². The maximum atomic E-state index is 2.47. The molecule has 2 aliphatic heterocycles. The third-order valence-electron chi connectivity index (χ3n) is 3.26. The topological polar surface area (TPSA) is 6.48 Å². The van der Waals surface area contributed by atoms with E-state index in [0.29, 0.717) is 5.41 Å². The van der Waals surface area contributed by atoms with Crippen LogP contribution in [0, 0.1) is 5.41 Å². The lowest BCUT2D eigenvalue weighted by Crippen LogP contribution is -2.28. The Morgan fingerprint density at radius 2 is 1.91 bits per heavy atom. The summed E-state index contributed by atoms with van der Waals surface area (Å²) in [5.74, 6) is 0. The highest BCUT2D eigenvalue weighted by Crippen LogP contribution is 2.37. The van der Waals surface area contributed by atoms with E-state index in [1.165, 1.54) is 39.0 Å². The Kier molecular flexibility index (Phi) is 1.73. The van der Waals surface area contributed by atoms with Gasteiger partial charge in [-0.05, 0) is 44.9 Å². The summed E-state index contributed by atoms with van der Waals surface area (Å²) in [7, 11) is 4.49. The second kappa shape index (κ2) is 2.49. The van der Waals surface area contributed by atoms with Gasteiger partial charge in [0.1, 0.15) is 0 Å². The number of hydrogen-bond donors (Lipinski definition) is 0. The molecule has 2 heterocycles. The van der Waals surface area contributed by atoms with Crippen molar-refractivity contribution in [2.45, 2.75) is 12.8 Å². The molecule has 11 heavy (non-hydrogen) atoms. The quantitative estimate of drug-likeness (QED) is 0.434. The molecule has 3 heteroatoms. The van der Waals surface area contributed by atoms with Crippen LogP contribution >= 0.6 is 0 Å². The van der Waals surface area contributed by atoms with E-state index in [1.54, 1.807) is 0 Å². The third-order valence-corrected chi connectivity index (χ3v) is 3.26. The zero-order valence-electron chi connectivity index (χ0n) is 7.64. The van der Waals surface area contributed by atoms with Crippen LogP contribution in [0.3, 0.4) is 0 Å². The number of nitrogens with zero attached hydrogens (tertiary/aromatic N) is 2. The van der Waals surface area contributed by atoms with Crippen LogP contribution in [0.2, 0.25) is 0 Å². The average Bonchev–Trinajstić information content (AvgIpc) is 2.44. The van der Waals surface area contributed by atoms with Crippen LogP contribution in [-0.4, -0.2) is 50.9 Å². The predicted molar refractivity (Wildman–Crippen MR) is 49.3 cm³/mol. The van der Waals surface area contributed by atoms with Gasteiger partial charge in [0.2, 0.25) is 0 Å². The molecule has 0 radical (unpaired) electrons. The van der Waals surface area contributed by atoms with Gasteiger partial charge in [-0.1, -0.05) is 0 Å². The van der Waals surface area contributed by atoms with Crippen LogP contribution in [0.25, 0.3) is 0 Å². The Balaban J connectivity index is 2.02. The minimum atomic E-state index is 0.684. The standard InChI is InChI=1S/C8H17BN2/c1-10-4-2-8(6-10)3-5-11(9)7-8/h2-7,9H2,1H3. The van der Waals surface area contributed by atoms with Crippen molar-refractivity contribution in [2.75, 3.05) is 33.2 Å². The molecule has 0 N–H and O–H groups in total. The summed E-state index contributed by atoms with van der Waals surface area (Å²) < 4.78 is 0. The maximum absolute atomic E-state index is 2.47. The van der Waals surface area contributed by atoms with Gasteiger partial charge in [-0.15, -0.1) is 0 Å². The van der Waals surface area contributed by atoms with Gasteiger partial charge in [0.25, 0.3) is 0 Å². The molecule has 0 aromatic rings. The summed E-state index contributed by atoms with van der Waals surface area (Å²) >= 11 is 0. The number of likely N-dealkylation sites (tertiary alicyclic amines) is 1. The minimum absolute atomic E-state index is 0.684. The molecule has 0 aliphatic carbocycles. The van der Waals surface area contributed by atoms with E-state index in [-0.39, 0.29) is 0 Å². The molecule has 2 fully saturated rings. The first-order chi connectivity index (χ1) is 5.20. The monoisotopic (exact) mass is 152 g/mol. The van der Waals surface area contributed by atoms with E-state index in [9.17, 15) is 0 Å². The fraction of sp³-hybridized carbons (Fsp3) is 1.00. The van der Waals surface area contributed by atoms with Crippen molar-refractivity contribution >= 4 is 7.98 Å². The molecule has 0 saturated carbocycles. The molecular weight excluding hydrogens is 135 g/mol. The van der Waals surface area contributed by atoms with Crippen LogP contribution in [0.1, 0.15) is 12.8 Å². The van der Waals surface area contributed by atoms with Gasteiger partial charge >= 0.3 is 0 Å². The van der Waals surface area contributed by atoms with Gasteiger partial charge in [-0.2, -0.15) is 0 Å². The summed E-state index contributed by atoms with van der Waals surface area (Å²) in [6, 6.07) is 0. The summed E-state index contributed by atoms with van der Waals surface area (Å²) in [5, 5.41) is 0. The first-order valence-corrected chi connectivity index (χ1v) is 4.57. The third kappa shape index (κ3) is 1.32. The second-order valence-corrected chi connectivity index (χ2v) is 4.48. The lowest BCUT2D eigenvalue weighted by Gasteiger charge is -2.22. The van der Waals surface area contributed by atoms with E-state index < -0.39 is 0 Å². The van der Waals surface area contributed by atoms with Crippen molar-refractivity contribution in [2.24, 2.45) is 5.41 Å². The lowest BCUT2D eigenvalue weighted by atomic mass is 9.86. The van der Waals surface area contributed by atoms with Gasteiger partial charge in [-0.25, -0.2) is 0 Å². The molecule has 1 unspecified atom stereocenters. The molecule has 0 amide bonds. The number of rotatable bonds is 0. The van der Waals surface area contributed by atoms with Crippen LogP contribution in [-0.2, 0) is 0 Å². The molecular formula is C8H17BN2. The molecule has 1 atom stereocenters. The fourth-order valence-corrected chi connectivity index (χ4v) is 2.65. The predicted octanol–water partition coefficient (Wildman–Crippen LogP) is -0.438. The van der Waals surface area contributed by atoms with Gasteiger partial charge in [0.15, 0.2) is 7.98 Å². The Labute approximate surface area is 70.0 Å². The maximum Gasteiger partial charge on any atom is 0.185 e. The highest BCUT2D eigenvalue weighted by atomic mass is 15.2. The molecule has 2 rings (SSSR count). The first-order valence-electron chi connectivity index (χ1n) is 4.57. The van der Waals surface area contributed by atoms with Crippen molar-refractivity contribution in [3.05, 3.63) is 0 Å². The highest BCUT2D eigenvalue weighted by molar-refractivity contribution is 6.04. The van der Waals surface area contributed by atoms with Crippen LogP contribution in [0.5, 0.6) is 0 Å². The van der Waals surface area contributed by atoms with Crippen molar-refractivity contribution in [1.82, 2.24) is 9.71 Å². The molecule has 2 nitrogen and oxygen atoms in total. The van der Waals surface area contributed by atoms with Crippen molar-refractivity contribution in [1.29, 1.82) is 0 Å². The molecule has 2 aliphatic rings. The average molecular weight is 152 g/mol. The summed E-state index contributed by atoms with van der Waals surface area (Å²) in [6.07, 6.45) is 2.85. The van der Waals surface area contributed by atoms with Gasteiger partial charge in [-0.3, -0.25) is 0 Å². The molecule has 0 bridgehead atoms. The van der Waals surface area contributed by atoms with E-state index in [4.69, 9.17) is 0 Å². The molecule has 0 aromatic carbocycles. The Morgan fingerprint density at radius 3 is 2.36 bits per heavy atom. The van der Waals surface area contributed by atoms with Crippen molar-refractivity contribution in [3.8, 4) is 0 Å².